The lowest BCUT2D eigenvalue weighted by Gasteiger charge is -2.36. The fourth-order valence-corrected chi connectivity index (χ4v) is 1.69. The topological polar surface area (TPSA) is 33.1 Å². The van der Waals surface area contributed by atoms with E-state index in [0.717, 1.165) is 29.4 Å². The van der Waals surface area contributed by atoms with Gasteiger partial charge >= 0.3 is 0 Å². The van der Waals surface area contributed by atoms with Crippen LogP contribution in [0.2, 0.25) is 0 Å². The zero-order valence-corrected chi connectivity index (χ0v) is 8.21. The maximum atomic E-state index is 9.92. The molecular formula is C9H10BrNO. The molecule has 1 aromatic heterocycles. The predicted octanol–water partition coefficient (Wildman–Crippen LogP) is 2.22. The predicted molar refractivity (Wildman–Crippen MR) is 49.7 cm³/mol. The van der Waals surface area contributed by atoms with Crippen LogP contribution in [0.1, 0.15) is 24.8 Å². The van der Waals surface area contributed by atoms with Crippen molar-refractivity contribution in [2.75, 3.05) is 0 Å². The van der Waals surface area contributed by atoms with Crippen molar-refractivity contribution < 1.29 is 5.11 Å². The summed E-state index contributed by atoms with van der Waals surface area (Å²) in [5, 5.41) is 9.92. The molecule has 0 saturated heterocycles. The van der Waals surface area contributed by atoms with E-state index in [1.54, 1.807) is 6.20 Å². The summed E-state index contributed by atoms with van der Waals surface area (Å²) in [7, 11) is 0. The molecule has 0 unspecified atom stereocenters. The maximum Gasteiger partial charge on any atom is 0.106 e. The molecule has 2 rings (SSSR count). The second kappa shape index (κ2) is 2.82. The van der Waals surface area contributed by atoms with Gasteiger partial charge in [-0.3, -0.25) is 0 Å². The molecule has 12 heavy (non-hydrogen) atoms. The van der Waals surface area contributed by atoms with Gasteiger partial charge in [0.25, 0.3) is 0 Å². The van der Waals surface area contributed by atoms with Crippen molar-refractivity contribution in [1.29, 1.82) is 0 Å². The molecule has 0 atom stereocenters. The number of rotatable bonds is 1. The molecule has 1 aliphatic carbocycles. The van der Waals surface area contributed by atoms with Gasteiger partial charge in [-0.15, -0.1) is 0 Å². The molecular weight excluding hydrogens is 218 g/mol. The van der Waals surface area contributed by atoms with Crippen LogP contribution < -0.4 is 0 Å². The molecule has 64 valence electrons. The summed E-state index contributed by atoms with van der Waals surface area (Å²) in [4.78, 5) is 4.08. The Morgan fingerprint density at radius 2 is 2.17 bits per heavy atom. The lowest BCUT2D eigenvalue weighted by Crippen LogP contribution is -2.33. The van der Waals surface area contributed by atoms with Gasteiger partial charge in [0.05, 0.1) is 5.60 Å². The van der Waals surface area contributed by atoms with Gasteiger partial charge in [0.2, 0.25) is 0 Å². The smallest absolute Gasteiger partial charge is 0.106 e. The van der Waals surface area contributed by atoms with Gasteiger partial charge in [-0.05, 0) is 41.3 Å². The van der Waals surface area contributed by atoms with E-state index in [2.05, 4.69) is 20.9 Å². The van der Waals surface area contributed by atoms with Crippen LogP contribution in [0.5, 0.6) is 0 Å². The van der Waals surface area contributed by atoms with Crippen molar-refractivity contribution in [2.24, 2.45) is 0 Å². The van der Waals surface area contributed by atoms with Crippen LogP contribution in [-0.4, -0.2) is 10.1 Å². The highest BCUT2D eigenvalue weighted by atomic mass is 79.9. The highest BCUT2D eigenvalue weighted by Gasteiger charge is 2.36. The maximum absolute atomic E-state index is 9.92. The number of hydrogen-bond donors (Lipinski definition) is 1. The number of aromatic nitrogens is 1. The first-order valence-corrected chi connectivity index (χ1v) is 4.84. The van der Waals surface area contributed by atoms with Gasteiger partial charge in [-0.1, -0.05) is 6.07 Å². The molecule has 0 amide bonds. The third kappa shape index (κ3) is 1.27. The molecule has 0 aromatic carbocycles. The molecule has 0 radical (unpaired) electrons. The van der Waals surface area contributed by atoms with Crippen LogP contribution in [0, 0.1) is 0 Å². The number of nitrogens with zero attached hydrogens (tertiary/aromatic N) is 1. The van der Waals surface area contributed by atoms with Gasteiger partial charge in [0.1, 0.15) is 4.60 Å². The van der Waals surface area contributed by atoms with Crippen LogP contribution in [0.4, 0.5) is 0 Å². The van der Waals surface area contributed by atoms with Gasteiger partial charge < -0.3 is 5.11 Å². The third-order valence-corrected chi connectivity index (χ3v) is 2.91. The molecule has 3 heteroatoms. The zero-order valence-electron chi connectivity index (χ0n) is 6.63. The molecule has 1 saturated carbocycles. The minimum Gasteiger partial charge on any atom is -0.385 e. The van der Waals surface area contributed by atoms with E-state index >= 15 is 0 Å². The number of aliphatic hydroxyl groups is 1. The molecule has 2 nitrogen and oxygen atoms in total. The van der Waals surface area contributed by atoms with Crippen molar-refractivity contribution in [2.45, 2.75) is 24.9 Å². The van der Waals surface area contributed by atoms with Crippen LogP contribution >= 0.6 is 15.9 Å². The largest absolute Gasteiger partial charge is 0.385 e. The second-order valence-corrected chi connectivity index (χ2v) is 4.07. The minimum atomic E-state index is -0.576. The molecule has 0 spiro atoms. The third-order valence-electron chi connectivity index (χ3n) is 2.45. The van der Waals surface area contributed by atoms with Crippen LogP contribution in [0.25, 0.3) is 0 Å². The van der Waals surface area contributed by atoms with Crippen molar-refractivity contribution in [3.63, 3.8) is 0 Å². The Bertz CT molecular complexity index is 279. The lowest BCUT2D eigenvalue weighted by molar-refractivity contribution is -0.0390. The summed E-state index contributed by atoms with van der Waals surface area (Å²) >= 11 is 3.26. The fraction of sp³-hybridized carbons (Fsp3) is 0.444. The summed E-state index contributed by atoms with van der Waals surface area (Å²) in [5.74, 6) is 0. The Morgan fingerprint density at radius 1 is 1.42 bits per heavy atom. The molecule has 0 bridgehead atoms. The molecule has 1 N–H and O–H groups in total. The van der Waals surface area contributed by atoms with E-state index in [-0.39, 0.29) is 0 Å². The highest BCUT2D eigenvalue weighted by Crippen LogP contribution is 2.40. The zero-order chi connectivity index (χ0) is 8.60. The first kappa shape index (κ1) is 8.20. The quantitative estimate of drug-likeness (QED) is 0.747. The Kier molecular flexibility index (Phi) is 1.93. The number of hydrogen-bond acceptors (Lipinski definition) is 2. The fourth-order valence-electron chi connectivity index (χ4n) is 1.45. The van der Waals surface area contributed by atoms with E-state index in [1.807, 2.05) is 12.1 Å². The van der Waals surface area contributed by atoms with Crippen LogP contribution in [-0.2, 0) is 5.60 Å². The normalized spacial score (nSPS) is 20.2. The number of pyridine rings is 1. The highest BCUT2D eigenvalue weighted by molar-refractivity contribution is 9.10. The lowest BCUT2D eigenvalue weighted by atomic mass is 9.76. The molecule has 1 heterocycles. The van der Waals surface area contributed by atoms with Gasteiger partial charge in [-0.2, -0.15) is 0 Å². The molecule has 1 aliphatic rings. The first-order chi connectivity index (χ1) is 5.71. The average molecular weight is 228 g/mol. The van der Waals surface area contributed by atoms with E-state index in [1.165, 1.54) is 0 Å². The van der Waals surface area contributed by atoms with Crippen molar-refractivity contribution in [3.8, 4) is 0 Å². The van der Waals surface area contributed by atoms with Gasteiger partial charge in [0.15, 0.2) is 0 Å². The summed E-state index contributed by atoms with van der Waals surface area (Å²) in [6, 6.07) is 3.79. The first-order valence-electron chi connectivity index (χ1n) is 4.05. The van der Waals surface area contributed by atoms with E-state index in [4.69, 9.17) is 0 Å². The number of halogens is 1. The standard InChI is InChI=1S/C9H10BrNO/c10-8-3-2-7(6-11-8)9(12)4-1-5-9/h2-3,6,12H,1,4-5H2. The van der Waals surface area contributed by atoms with Crippen LogP contribution in [0.3, 0.4) is 0 Å². The molecule has 0 aliphatic heterocycles. The van der Waals surface area contributed by atoms with Crippen molar-refractivity contribution in [1.82, 2.24) is 4.98 Å². The Labute approximate surface area is 79.8 Å². The van der Waals surface area contributed by atoms with Crippen molar-refractivity contribution in [3.05, 3.63) is 28.5 Å². The minimum absolute atomic E-state index is 0.576. The van der Waals surface area contributed by atoms with Gasteiger partial charge in [-0.25, -0.2) is 4.98 Å². The second-order valence-electron chi connectivity index (χ2n) is 3.25. The molecule has 1 aromatic rings. The van der Waals surface area contributed by atoms with E-state index < -0.39 is 5.60 Å². The SMILES string of the molecule is OC1(c2ccc(Br)nc2)CCC1. The summed E-state index contributed by atoms with van der Waals surface area (Å²) in [5.41, 5.74) is 0.366. The summed E-state index contributed by atoms with van der Waals surface area (Å²) < 4.78 is 0.814. The monoisotopic (exact) mass is 227 g/mol. The Hall–Kier alpha value is -0.410. The van der Waals surface area contributed by atoms with Crippen LogP contribution in [0.15, 0.2) is 22.9 Å². The van der Waals surface area contributed by atoms with E-state index in [9.17, 15) is 5.11 Å². The van der Waals surface area contributed by atoms with Crippen molar-refractivity contribution >= 4 is 15.9 Å². The molecule has 1 fully saturated rings. The Balaban J connectivity index is 2.28. The summed E-state index contributed by atoms with van der Waals surface area (Å²) in [6.45, 7) is 0. The Morgan fingerprint density at radius 3 is 2.58 bits per heavy atom. The summed E-state index contributed by atoms with van der Waals surface area (Å²) in [6.07, 6.45) is 4.60. The van der Waals surface area contributed by atoms with E-state index in [0.29, 0.717) is 0 Å². The van der Waals surface area contributed by atoms with Gasteiger partial charge in [0, 0.05) is 11.8 Å². The average Bonchev–Trinajstić information content (AvgIpc) is 2.02.